The van der Waals surface area contributed by atoms with Gasteiger partial charge >= 0.3 is 6.08 Å². The molecule has 0 unspecified atom stereocenters. The van der Waals surface area contributed by atoms with Gasteiger partial charge in [0.15, 0.2) is 12.4 Å². The molecule has 0 aliphatic carbocycles. The average molecular weight is 333 g/mol. The maximum absolute atomic E-state index is 12.9. The summed E-state index contributed by atoms with van der Waals surface area (Å²) in [6, 6.07) is 6.32. The number of amides is 1. The average Bonchev–Trinajstić information content (AvgIpc) is 3.03. The predicted molar refractivity (Wildman–Crippen MR) is 84.0 cm³/mol. The third kappa shape index (κ3) is 4.10. The van der Waals surface area contributed by atoms with Crippen molar-refractivity contribution < 1.29 is 18.4 Å². The molecular weight excluding hydrogens is 313 g/mol. The molecule has 0 spiro atoms. The summed E-state index contributed by atoms with van der Waals surface area (Å²) in [6.45, 7) is 2.70. The number of ether oxygens (including phenoxy) is 1. The van der Waals surface area contributed by atoms with Crippen LogP contribution in [-0.2, 0) is 11.2 Å². The van der Waals surface area contributed by atoms with Gasteiger partial charge in [-0.1, -0.05) is 17.3 Å². The minimum atomic E-state index is -0.290. The van der Waals surface area contributed by atoms with Crippen molar-refractivity contribution in [2.75, 3.05) is 13.2 Å². The summed E-state index contributed by atoms with van der Waals surface area (Å²) < 4.78 is 23.2. The molecule has 1 aromatic carbocycles. The predicted octanol–water partition coefficient (Wildman–Crippen LogP) is 2.58. The van der Waals surface area contributed by atoms with Gasteiger partial charge in [0.25, 0.3) is 5.91 Å². The van der Waals surface area contributed by atoms with E-state index >= 15 is 0 Å². The van der Waals surface area contributed by atoms with Gasteiger partial charge in [0.05, 0.1) is 0 Å². The number of rotatable bonds is 5. The topological polar surface area (TPSA) is 68.5 Å². The Labute approximate surface area is 139 Å². The quantitative estimate of drug-likeness (QED) is 0.841. The molecule has 3 rings (SSSR count). The second-order valence-corrected chi connectivity index (χ2v) is 6.00. The van der Waals surface area contributed by atoms with Gasteiger partial charge in [-0.2, -0.15) is 4.98 Å². The summed E-state index contributed by atoms with van der Waals surface area (Å²) in [5.41, 5.74) is 0.863. The van der Waals surface area contributed by atoms with Crippen molar-refractivity contribution in [2.24, 2.45) is 0 Å². The lowest BCUT2D eigenvalue weighted by Gasteiger charge is -2.33. The molecule has 2 aromatic rings. The number of piperidine rings is 1. The first-order valence-electron chi connectivity index (χ1n) is 8.11. The Morgan fingerprint density at radius 1 is 1.38 bits per heavy atom. The normalized spacial score (nSPS) is 17.8. The smallest absolute Gasteiger partial charge is 0.417 e. The highest BCUT2D eigenvalue weighted by Gasteiger charge is 2.24. The third-order valence-corrected chi connectivity index (χ3v) is 4.17. The standard InChI is InChI=1S/C17H20FN3O3/c1-12-4-2-3-9-21(12)16(22)11-23-17-19-15(20-24-17)10-13-5-7-14(18)8-6-13/h5-8,12H,2-4,9-11H2,1H3/t12-/m1/s1. The largest absolute Gasteiger partial charge is 0.439 e. The fraction of sp³-hybridized carbons (Fsp3) is 0.471. The number of hydrogen-bond donors (Lipinski definition) is 0. The number of benzene rings is 1. The molecule has 0 saturated carbocycles. The lowest BCUT2D eigenvalue weighted by molar-refractivity contribution is -0.137. The van der Waals surface area contributed by atoms with Crippen LogP contribution in [0.2, 0.25) is 0 Å². The first-order chi connectivity index (χ1) is 11.6. The molecule has 1 saturated heterocycles. The minimum absolute atomic E-state index is 0.0230. The molecule has 6 nitrogen and oxygen atoms in total. The molecule has 1 fully saturated rings. The van der Waals surface area contributed by atoms with Crippen LogP contribution in [0.5, 0.6) is 6.08 Å². The molecule has 0 bridgehead atoms. The number of carbonyl (C=O) groups excluding carboxylic acids is 1. The summed E-state index contributed by atoms with van der Waals surface area (Å²) in [5.74, 6) is 0.0669. The maximum Gasteiger partial charge on any atom is 0.417 e. The van der Waals surface area contributed by atoms with Crippen molar-refractivity contribution in [3.8, 4) is 6.08 Å². The number of likely N-dealkylation sites (tertiary alicyclic amines) is 1. The van der Waals surface area contributed by atoms with Crippen molar-refractivity contribution in [1.82, 2.24) is 15.0 Å². The molecule has 1 aliphatic rings. The van der Waals surface area contributed by atoms with Gasteiger partial charge in [-0.05, 0) is 43.9 Å². The number of halogens is 1. The Kier molecular flexibility index (Phi) is 5.08. The summed E-state index contributed by atoms with van der Waals surface area (Å²) in [7, 11) is 0. The van der Waals surface area contributed by atoms with E-state index < -0.39 is 0 Å². The van der Waals surface area contributed by atoms with Crippen LogP contribution in [0.25, 0.3) is 0 Å². The molecule has 1 aromatic heterocycles. The summed E-state index contributed by atoms with van der Waals surface area (Å²) in [5, 5.41) is 3.81. The molecule has 1 aliphatic heterocycles. The van der Waals surface area contributed by atoms with Crippen LogP contribution >= 0.6 is 0 Å². The molecule has 1 amide bonds. The lowest BCUT2D eigenvalue weighted by atomic mass is 10.0. The monoisotopic (exact) mass is 333 g/mol. The van der Waals surface area contributed by atoms with Crippen LogP contribution in [0, 0.1) is 5.82 Å². The Morgan fingerprint density at radius 3 is 2.92 bits per heavy atom. The highest BCUT2D eigenvalue weighted by molar-refractivity contribution is 5.78. The second-order valence-electron chi connectivity index (χ2n) is 6.00. The van der Waals surface area contributed by atoms with E-state index in [1.54, 1.807) is 12.1 Å². The third-order valence-electron chi connectivity index (χ3n) is 4.17. The van der Waals surface area contributed by atoms with Crippen LogP contribution in [-0.4, -0.2) is 40.1 Å². The van der Waals surface area contributed by atoms with Crippen LogP contribution in [0.4, 0.5) is 4.39 Å². The zero-order chi connectivity index (χ0) is 16.9. The Hall–Kier alpha value is -2.44. The molecule has 24 heavy (non-hydrogen) atoms. The number of nitrogens with zero attached hydrogens (tertiary/aromatic N) is 3. The first-order valence-corrected chi connectivity index (χ1v) is 8.11. The van der Waals surface area contributed by atoms with E-state index in [1.807, 2.05) is 11.8 Å². The fourth-order valence-electron chi connectivity index (χ4n) is 2.83. The van der Waals surface area contributed by atoms with Gasteiger partial charge in [0.2, 0.25) is 0 Å². The van der Waals surface area contributed by atoms with Crippen molar-refractivity contribution in [1.29, 1.82) is 0 Å². The highest BCUT2D eigenvalue weighted by atomic mass is 19.1. The molecule has 1 atom stereocenters. The van der Waals surface area contributed by atoms with E-state index in [0.717, 1.165) is 31.4 Å². The van der Waals surface area contributed by atoms with E-state index in [9.17, 15) is 9.18 Å². The van der Waals surface area contributed by atoms with Crippen molar-refractivity contribution in [3.05, 3.63) is 41.5 Å². The molecule has 128 valence electrons. The summed E-state index contributed by atoms with van der Waals surface area (Å²) in [4.78, 5) is 18.1. The van der Waals surface area contributed by atoms with Gasteiger partial charge in [-0.25, -0.2) is 4.39 Å². The zero-order valence-corrected chi connectivity index (χ0v) is 13.6. The second kappa shape index (κ2) is 7.42. The summed E-state index contributed by atoms with van der Waals surface area (Å²) in [6.07, 6.45) is 3.59. The molecular formula is C17H20FN3O3. The molecule has 0 radical (unpaired) electrons. The first kappa shape index (κ1) is 16.4. The Morgan fingerprint density at radius 2 is 2.17 bits per heavy atom. The van der Waals surface area contributed by atoms with E-state index in [0.29, 0.717) is 12.2 Å². The maximum atomic E-state index is 12.9. The summed E-state index contributed by atoms with van der Waals surface area (Å²) >= 11 is 0. The Balaban J connectivity index is 1.52. The van der Waals surface area contributed by atoms with Crippen LogP contribution < -0.4 is 4.74 Å². The number of carbonyl (C=O) groups is 1. The highest BCUT2D eigenvalue weighted by Crippen LogP contribution is 2.17. The van der Waals surface area contributed by atoms with Crippen molar-refractivity contribution in [2.45, 2.75) is 38.6 Å². The lowest BCUT2D eigenvalue weighted by Crippen LogP contribution is -2.44. The van der Waals surface area contributed by atoms with Crippen LogP contribution in [0.15, 0.2) is 28.8 Å². The molecule has 2 heterocycles. The van der Waals surface area contributed by atoms with Crippen LogP contribution in [0.3, 0.4) is 0 Å². The van der Waals surface area contributed by atoms with Crippen molar-refractivity contribution >= 4 is 5.91 Å². The van der Waals surface area contributed by atoms with Gasteiger partial charge in [0, 0.05) is 19.0 Å². The van der Waals surface area contributed by atoms with E-state index in [2.05, 4.69) is 10.1 Å². The number of hydrogen-bond acceptors (Lipinski definition) is 5. The van der Waals surface area contributed by atoms with Gasteiger partial charge < -0.3 is 9.64 Å². The van der Waals surface area contributed by atoms with Gasteiger partial charge in [-0.15, -0.1) is 0 Å². The molecule has 0 N–H and O–H groups in total. The van der Waals surface area contributed by atoms with E-state index in [-0.39, 0.29) is 30.4 Å². The van der Waals surface area contributed by atoms with Crippen LogP contribution in [0.1, 0.15) is 37.6 Å². The SMILES string of the molecule is C[C@@H]1CCCCN1C(=O)COc1nc(Cc2ccc(F)cc2)no1. The van der Waals surface area contributed by atoms with E-state index in [1.165, 1.54) is 12.1 Å². The van der Waals surface area contributed by atoms with Gasteiger partial charge in [0.1, 0.15) is 5.82 Å². The Bertz CT molecular complexity index is 687. The molecule has 7 heteroatoms. The minimum Gasteiger partial charge on any atom is -0.439 e. The fourth-order valence-corrected chi connectivity index (χ4v) is 2.83. The van der Waals surface area contributed by atoms with Gasteiger partial charge in [-0.3, -0.25) is 9.32 Å². The van der Waals surface area contributed by atoms with Crippen molar-refractivity contribution in [3.63, 3.8) is 0 Å². The zero-order valence-electron chi connectivity index (χ0n) is 13.6. The van der Waals surface area contributed by atoms with E-state index in [4.69, 9.17) is 9.26 Å². The number of aromatic nitrogens is 2.